The highest BCUT2D eigenvalue weighted by atomic mass is 35.5. The molecule has 0 aliphatic heterocycles. The van der Waals surface area contributed by atoms with Gasteiger partial charge in [0.2, 0.25) is 7.29 Å². The third-order valence-corrected chi connectivity index (χ3v) is 7.97. The largest absolute Gasteiger partial charge is 0.489 e. The molecule has 1 N–H and O–H groups in total. The molecular formula is C29H24Cl2NO2P. The van der Waals surface area contributed by atoms with Crippen molar-refractivity contribution in [3.8, 4) is 5.75 Å². The van der Waals surface area contributed by atoms with E-state index in [1.165, 1.54) is 11.6 Å². The lowest BCUT2D eigenvalue weighted by molar-refractivity contribution is 0.306. The van der Waals surface area contributed by atoms with E-state index in [-0.39, 0.29) is 0 Å². The van der Waals surface area contributed by atoms with E-state index >= 15 is 0 Å². The number of anilines is 1. The minimum Gasteiger partial charge on any atom is -0.489 e. The third-order valence-electron chi connectivity index (χ3n) is 5.12. The molecule has 0 saturated heterocycles. The van der Waals surface area contributed by atoms with Crippen LogP contribution in [0.25, 0.3) is 10.1 Å². The number of benzene rings is 4. The van der Waals surface area contributed by atoms with Crippen molar-refractivity contribution in [3.05, 3.63) is 144 Å². The lowest BCUT2D eigenvalue weighted by Gasteiger charge is -2.16. The highest BCUT2D eigenvalue weighted by Crippen LogP contribution is 2.53. The van der Waals surface area contributed by atoms with Crippen LogP contribution in [-0.4, -0.2) is 0 Å². The topological polar surface area (TPSA) is 38.3 Å². The van der Waals surface area contributed by atoms with Gasteiger partial charge in [0.1, 0.15) is 12.4 Å². The van der Waals surface area contributed by atoms with E-state index in [0.717, 1.165) is 16.7 Å². The standard InChI is InChI=1S/C29H24Cl2NO2P/c30-28(24-12-6-2-7-13-24)21-35(33,22-29(31)25-14-8-3-9-15-25)32-26-16-18-27(19-17-26)34-20-23-10-4-1-5-11-23/h1-19,21-22H,20H2,(H,32,33)/b28-21-,29-22-. The Bertz CT molecular complexity index is 1280. The van der Waals surface area contributed by atoms with Crippen molar-refractivity contribution in [3.63, 3.8) is 0 Å². The third kappa shape index (κ3) is 7.37. The highest BCUT2D eigenvalue weighted by Gasteiger charge is 2.19. The monoisotopic (exact) mass is 519 g/mol. The molecular weight excluding hydrogens is 496 g/mol. The van der Waals surface area contributed by atoms with Crippen molar-refractivity contribution in [2.45, 2.75) is 6.61 Å². The second kappa shape index (κ2) is 12.0. The van der Waals surface area contributed by atoms with Crippen LogP contribution in [0, 0.1) is 0 Å². The Labute approximate surface area is 216 Å². The van der Waals surface area contributed by atoms with E-state index in [1.54, 1.807) is 0 Å². The fraction of sp³-hybridized carbons (Fsp3) is 0.0345. The smallest absolute Gasteiger partial charge is 0.216 e. The number of rotatable bonds is 9. The zero-order chi connectivity index (χ0) is 24.5. The van der Waals surface area contributed by atoms with Crippen LogP contribution in [0.1, 0.15) is 16.7 Å². The summed E-state index contributed by atoms with van der Waals surface area (Å²) in [5.41, 5.74) is 3.28. The summed E-state index contributed by atoms with van der Waals surface area (Å²) in [6, 6.07) is 36.0. The summed E-state index contributed by atoms with van der Waals surface area (Å²) in [5.74, 6) is 3.79. The Morgan fingerprint density at radius 1 is 0.686 bits per heavy atom. The molecule has 0 unspecified atom stereocenters. The average molecular weight is 520 g/mol. The van der Waals surface area contributed by atoms with E-state index in [4.69, 9.17) is 27.9 Å². The molecule has 6 heteroatoms. The van der Waals surface area contributed by atoms with Gasteiger partial charge in [0.15, 0.2) is 0 Å². The molecule has 35 heavy (non-hydrogen) atoms. The average Bonchev–Trinajstić information content (AvgIpc) is 2.89. The maximum atomic E-state index is 14.1. The molecule has 0 amide bonds. The maximum absolute atomic E-state index is 14.1. The molecule has 0 aromatic heterocycles. The fourth-order valence-corrected chi connectivity index (χ4v) is 6.20. The summed E-state index contributed by atoms with van der Waals surface area (Å²) < 4.78 is 19.9. The van der Waals surface area contributed by atoms with Gasteiger partial charge in [0, 0.05) is 17.3 Å². The van der Waals surface area contributed by atoms with Gasteiger partial charge in [0.05, 0.1) is 10.1 Å². The van der Waals surface area contributed by atoms with Crippen LogP contribution in [0.4, 0.5) is 5.69 Å². The lowest BCUT2D eigenvalue weighted by Crippen LogP contribution is -1.96. The molecule has 0 aliphatic carbocycles. The van der Waals surface area contributed by atoms with Crippen LogP contribution in [0.5, 0.6) is 5.75 Å². The second-order valence-electron chi connectivity index (χ2n) is 7.81. The first-order chi connectivity index (χ1) is 17.0. The van der Waals surface area contributed by atoms with E-state index in [2.05, 4.69) is 5.09 Å². The minimum atomic E-state index is -3.34. The van der Waals surface area contributed by atoms with Gasteiger partial charge in [0.25, 0.3) is 0 Å². The Morgan fingerprint density at radius 2 is 1.14 bits per heavy atom. The zero-order valence-corrected chi connectivity index (χ0v) is 21.3. The Balaban J connectivity index is 1.58. The number of halogens is 2. The van der Waals surface area contributed by atoms with Crippen LogP contribution in [0.15, 0.2) is 127 Å². The first-order valence-corrected chi connectivity index (χ1v) is 13.6. The van der Waals surface area contributed by atoms with Crippen LogP contribution < -0.4 is 9.82 Å². The number of ether oxygens (including phenoxy) is 1. The lowest BCUT2D eigenvalue weighted by atomic mass is 10.2. The molecule has 3 nitrogen and oxygen atoms in total. The molecule has 0 atom stereocenters. The summed E-state index contributed by atoms with van der Waals surface area (Å²) >= 11 is 13.1. The second-order valence-corrected chi connectivity index (χ2v) is 10.8. The van der Waals surface area contributed by atoms with Gasteiger partial charge in [-0.05, 0) is 41.0 Å². The van der Waals surface area contributed by atoms with Gasteiger partial charge >= 0.3 is 0 Å². The first-order valence-electron chi connectivity index (χ1n) is 11.0. The SMILES string of the molecule is O=P(/C=C(\Cl)c1ccccc1)(/C=C(\Cl)c1ccccc1)Nc1ccc(OCc2ccccc2)cc1. The van der Waals surface area contributed by atoms with Gasteiger partial charge < -0.3 is 9.82 Å². The van der Waals surface area contributed by atoms with E-state index in [1.807, 2.05) is 115 Å². The van der Waals surface area contributed by atoms with Crippen LogP contribution in [-0.2, 0) is 11.2 Å². The minimum absolute atomic E-state index is 0.373. The molecule has 4 aromatic carbocycles. The molecule has 0 aliphatic rings. The van der Waals surface area contributed by atoms with Crippen molar-refractivity contribution in [1.29, 1.82) is 0 Å². The van der Waals surface area contributed by atoms with Crippen molar-refractivity contribution in [1.82, 2.24) is 0 Å². The molecule has 4 rings (SSSR count). The molecule has 0 saturated carbocycles. The molecule has 176 valence electrons. The summed E-state index contributed by atoms with van der Waals surface area (Å²) in [5, 5.41) is 3.88. The number of nitrogens with one attached hydrogen (secondary N) is 1. The van der Waals surface area contributed by atoms with Gasteiger partial charge in [-0.3, -0.25) is 4.57 Å². The summed E-state index contributed by atoms with van der Waals surface area (Å²) in [6.07, 6.45) is 0. The Morgan fingerprint density at radius 3 is 1.63 bits per heavy atom. The molecule has 4 aromatic rings. The predicted octanol–water partition coefficient (Wildman–Crippen LogP) is 9.43. The Hall–Kier alpha value is -3.23. The van der Waals surface area contributed by atoms with Crippen molar-refractivity contribution in [2.75, 3.05) is 5.09 Å². The maximum Gasteiger partial charge on any atom is 0.216 e. The van der Waals surface area contributed by atoms with Crippen LogP contribution in [0.2, 0.25) is 0 Å². The van der Waals surface area contributed by atoms with Crippen molar-refractivity contribution in [2.24, 2.45) is 0 Å². The number of hydrogen-bond acceptors (Lipinski definition) is 2. The van der Waals surface area contributed by atoms with Gasteiger partial charge in [-0.2, -0.15) is 0 Å². The van der Waals surface area contributed by atoms with E-state index in [9.17, 15) is 4.57 Å². The van der Waals surface area contributed by atoms with E-state index < -0.39 is 7.29 Å². The summed E-state index contributed by atoms with van der Waals surface area (Å²) in [7, 11) is -3.34. The summed E-state index contributed by atoms with van der Waals surface area (Å²) in [6.45, 7) is 0.469. The molecule has 0 heterocycles. The van der Waals surface area contributed by atoms with Gasteiger partial charge in [-0.25, -0.2) is 0 Å². The van der Waals surface area contributed by atoms with E-state index in [0.29, 0.717) is 28.1 Å². The van der Waals surface area contributed by atoms with Crippen molar-refractivity contribution < 1.29 is 9.30 Å². The van der Waals surface area contributed by atoms with Crippen LogP contribution >= 0.6 is 30.5 Å². The predicted molar refractivity (Wildman–Crippen MR) is 149 cm³/mol. The number of hydrogen-bond donors (Lipinski definition) is 1. The van der Waals surface area contributed by atoms with Gasteiger partial charge in [-0.15, -0.1) is 0 Å². The Kier molecular flexibility index (Phi) is 8.50. The zero-order valence-electron chi connectivity index (χ0n) is 18.9. The molecule has 0 radical (unpaired) electrons. The molecule has 0 spiro atoms. The highest BCUT2D eigenvalue weighted by molar-refractivity contribution is 7.72. The first kappa shape index (κ1) is 24.9. The summed E-state index contributed by atoms with van der Waals surface area (Å²) in [4.78, 5) is 0. The molecule has 0 fully saturated rings. The fourth-order valence-electron chi connectivity index (χ4n) is 3.35. The van der Waals surface area contributed by atoms with Crippen molar-refractivity contribution >= 4 is 46.2 Å². The molecule has 0 bridgehead atoms. The van der Waals surface area contributed by atoms with Crippen LogP contribution in [0.3, 0.4) is 0 Å². The normalized spacial score (nSPS) is 12.3. The van der Waals surface area contributed by atoms with Gasteiger partial charge in [-0.1, -0.05) is 114 Å². The quantitative estimate of drug-likeness (QED) is 0.224.